The molecule has 0 saturated carbocycles. The van der Waals surface area contributed by atoms with Crippen LogP contribution in [0.1, 0.15) is 17.8 Å². The van der Waals surface area contributed by atoms with Crippen LogP contribution in [-0.4, -0.2) is 56.1 Å². The summed E-state index contributed by atoms with van der Waals surface area (Å²) in [6.45, 7) is 1.66. The Kier molecular flexibility index (Phi) is 5.79. The lowest BCUT2D eigenvalue weighted by Crippen LogP contribution is -2.28. The van der Waals surface area contributed by atoms with Crippen molar-refractivity contribution in [3.63, 3.8) is 0 Å². The summed E-state index contributed by atoms with van der Waals surface area (Å²) in [5.41, 5.74) is 0.681. The van der Waals surface area contributed by atoms with Gasteiger partial charge in [0.15, 0.2) is 5.16 Å². The van der Waals surface area contributed by atoms with Gasteiger partial charge in [-0.2, -0.15) is 0 Å². The van der Waals surface area contributed by atoms with Crippen LogP contribution in [0.25, 0.3) is 10.2 Å². The van der Waals surface area contributed by atoms with E-state index in [9.17, 15) is 9.59 Å². The number of para-hydroxylation sites is 1. The minimum Gasteiger partial charge on any atom is -0.376 e. The number of fused-ring (bicyclic) bond motifs is 1. The summed E-state index contributed by atoms with van der Waals surface area (Å²) < 4.78 is 8.27. The summed E-state index contributed by atoms with van der Waals surface area (Å²) in [7, 11) is 1.76. The average Bonchev–Trinajstić information content (AvgIpc) is 3.41. The number of aromatic nitrogens is 4. The normalized spacial score (nSPS) is 16.7. The van der Waals surface area contributed by atoms with Gasteiger partial charge in [0.25, 0.3) is 0 Å². The van der Waals surface area contributed by atoms with Gasteiger partial charge in [0.2, 0.25) is 5.91 Å². The van der Waals surface area contributed by atoms with Crippen LogP contribution in [0.2, 0.25) is 0 Å². The van der Waals surface area contributed by atoms with Gasteiger partial charge in [-0.1, -0.05) is 23.9 Å². The van der Waals surface area contributed by atoms with Crippen molar-refractivity contribution in [1.82, 2.24) is 24.6 Å². The third-order valence-electron chi connectivity index (χ3n) is 4.59. The van der Waals surface area contributed by atoms with Crippen LogP contribution in [-0.2, 0) is 22.6 Å². The first-order chi connectivity index (χ1) is 13.6. The zero-order chi connectivity index (χ0) is 19.5. The molecule has 3 aromatic rings. The van der Waals surface area contributed by atoms with Crippen molar-refractivity contribution >= 4 is 39.2 Å². The second kappa shape index (κ2) is 8.46. The highest BCUT2D eigenvalue weighted by molar-refractivity contribution is 7.99. The summed E-state index contributed by atoms with van der Waals surface area (Å²) >= 11 is 2.85. The molecule has 1 amide bonds. The molecule has 1 fully saturated rings. The number of hydrogen-bond donors (Lipinski definition) is 1. The molecule has 0 aliphatic carbocycles. The first-order valence-corrected chi connectivity index (χ1v) is 10.9. The number of thioether (sulfide) groups is 1. The van der Waals surface area contributed by atoms with Crippen LogP contribution < -0.4 is 5.69 Å². The molecule has 2 aromatic heterocycles. The van der Waals surface area contributed by atoms with Crippen molar-refractivity contribution in [3.8, 4) is 0 Å². The summed E-state index contributed by atoms with van der Waals surface area (Å²) in [5.74, 6) is 0.167. The van der Waals surface area contributed by atoms with Crippen LogP contribution in [0, 0.1) is 0 Å². The number of carbonyl (C=O) groups is 1. The molecule has 0 bridgehead atoms. The molecule has 1 N–H and O–H groups in total. The molecule has 10 heteroatoms. The maximum atomic E-state index is 12.5. The predicted molar refractivity (Wildman–Crippen MR) is 109 cm³/mol. The van der Waals surface area contributed by atoms with Crippen molar-refractivity contribution in [2.24, 2.45) is 0 Å². The van der Waals surface area contributed by atoms with E-state index in [0.717, 1.165) is 34.7 Å². The number of carbonyl (C=O) groups excluding carboxylic acids is 1. The molecule has 28 heavy (non-hydrogen) atoms. The van der Waals surface area contributed by atoms with E-state index in [1.165, 1.54) is 11.8 Å². The SMILES string of the molecule is CN(Cc1nc2ccccc2s1)C(=O)CSc1n[nH]c(=O)n1C[C@@H]1CCCO1. The fourth-order valence-corrected chi connectivity index (χ4v) is 5.00. The number of nitrogens with one attached hydrogen (secondary N) is 1. The molecule has 8 nitrogen and oxygen atoms in total. The third-order valence-corrected chi connectivity index (χ3v) is 6.58. The minimum absolute atomic E-state index is 0.0343. The summed E-state index contributed by atoms with van der Waals surface area (Å²) in [6.07, 6.45) is 1.98. The quantitative estimate of drug-likeness (QED) is 0.590. The highest BCUT2D eigenvalue weighted by Crippen LogP contribution is 2.23. The second-order valence-corrected chi connectivity index (χ2v) is 8.73. The highest BCUT2D eigenvalue weighted by atomic mass is 32.2. The predicted octanol–water partition coefficient (Wildman–Crippen LogP) is 2.11. The number of benzene rings is 1. The third kappa shape index (κ3) is 4.29. The Morgan fingerprint density at radius 3 is 3.11 bits per heavy atom. The van der Waals surface area contributed by atoms with E-state index in [4.69, 9.17) is 4.74 Å². The molecular weight excluding hydrogens is 398 g/mol. The Balaban J connectivity index is 1.35. The lowest BCUT2D eigenvalue weighted by atomic mass is 10.2. The molecule has 4 rings (SSSR count). The van der Waals surface area contributed by atoms with Crippen molar-refractivity contribution < 1.29 is 9.53 Å². The van der Waals surface area contributed by atoms with E-state index in [1.54, 1.807) is 27.9 Å². The summed E-state index contributed by atoms with van der Waals surface area (Å²) in [4.78, 5) is 30.8. The van der Waals surface area contributed by atoms with Gasteiger partial charge in [-0.05, 0) is 25.0 Å². The van der Waals surface area contributed by atoms with E-state index in [2.05, 4.69) is 15.2 Å². The molecule has 0 unspecified atom stereocenters. The maximum Gasteiger partial charge on any atom is 0.344 e. The van der Waals surface area contributed by atoms with Crippen molar-refractivity contribution in [2.45, 2.75) is 37.2 Å². The smallest absolute Gasteiger partial charge is 0.344 e. The lowest BCUT2D eigenvalue weighted by molar-refractivity contribution is -0.127. The van der Waals surface area contributed by atoms with Gasteiger partial charge in [-0.15, -0.1) is 16.4 Å². The molecule has 1 saturated heterocycles. The highest BCUT2D eigenvalue weighted by Gasteiger charge is 2.21. The molecule has 1 aromatic carbocycles. The lowest BCUT2D eigenvalue weighted by Gasteiger charge is -2.15. The zero-order valence-electron chi connectivity index (χ0n) is 15.5. The number of thiazole rings is 1. The van der Waals surface area contributed by atoms with Crippen molar-refractivity contribution in [2.75, 3.05) is 19.4 Å². The number of hydrogen-bond acceptors (Lipinski definition) is 7. The minimum atomic E-state index is -0.270. The Hall–Kier alpha value is -2.17. The van der Waals surface area contributed by atoms with Gasteiger partial charge in [-0.25, -0.2) is 14.9 Å². The fourth-order valence-electron chi connectivity index (χ4n) is 3.08. The Morgan fingerprint density at radius 2 is 2.32 bits per heavy atom. The molecule has 3 heterocycles. The van der Waals surface area contributed by atoms with Gasteiger partial charge in [0.05, 0.1) is 35.2 Å². The van der Waals surface area contributed by atoms with Gasteiger partial charge in [0.1, 0.15) is 5.01 Å². The molecule has 0 radical (unpaired) electrons. The van der Waals surface area contributed by atoms with Gasteiger partial charge in [-0.3, -0.25) is 9.36 Å². The standard InChI is InChI=1S/C18H21N5O3S2/c1-22(10-15-19-13-6-2-3-7-14(13)28-15)16(24)11-27-18-21-20-17(25)23(18)9-12-5-4-8-26-12/h2-3,6-7,12H,4-5,8-11H2,1H3,(H,20,25)/t12-/m0/s1. The molecule has 0 spiro atoms. The number of rotatable bonds is 7. The number of H-pyrrole nitrogens is 1. The number of aromatic amines is 1. The van der Waals surface area contributed by atoms with E-state index >= 15 is 0 Å². The van der Waals surface area contributed by atoms with E-state index in [-0.39, 0.29) is 23.5 Å². The topological polar surface area (TPSA) is 93.1 Å². The van der Waals surface area contributed by atoms with Crippen LogP contribution >= 0.6 is 23.1 Å². The van der Waals surface area contributed by atoms with Crippen LogP contribution in [0.3, 0.4) is 0 Å². The van der Waals surface area contributed by atoms with E-state index in [0.29, 0.717) is 18.2 Å². The van der Waals surface area contributed by atoms with Crippen LogP contribution in [0.4, 0.5) is 0 Å². The molecule has 1 aliphatic rings. The van der Waals surface area contributed by atoms with E-state index in [1.807, 2.05) is 24.3 Å². The number of ether oxygens (including phenoxy) is 1. The molecule has 1 atom stereocenters. The maximum absolute atomic E-state index is 12.5. The Morgan fingerprint density at radius 1 is 1.46 bits per heavy atom. The summed E-state index contributed by atoms with van der Waals surface area (Å²) in [5, 5.41) is 7.94. The fraction of sp³-hybridized carbons (Fsp3) is 0.444. The van der Waals surface area contributed by atoms with Gasteiger partial charge >= 0.3 is 5.69 Å². The Bertz CT molecular complexity index is 989. The van der Waals surface area contributed by atoms with Crippen molar-refractivity contribution in [3.05, 3.63) is 39.8 Å². The monoisotopic (exact) mass is 419 g/mol. The van der Waals surface area contributed by atoms with Gasteiger partial charge < -0.3 is 9.64 Å². The first kappa shape index (κ1) is 19.2. The zero-order valence-corrected chi connectivity index (χ0v) is 17.1. The molecular formula is C18H21N5O3S2. The molecule has 148 valence electrons. The summed E-state index contributed by atoms with van der Waals surface area (Å²) in [6, 6.07) is 7.93. The first-order valence-electron chi connectivity index (χ1n) is 9.08. The average molecular weight is 420 g/mol. The second-order valence-electron chi connectivity index (χ2n) is 6.67. The van der Waals surface area contributed by atoms with Gasteiger partial charge in [0, 0.05) is 13.7 Å². The molecule has 1 aliphatic heterocycles. The van der Waals surface area contributed by atoms with E-state index < -0.39 is 0 Å². The number of amides is 1. The van der Waals surface area contributed by atoms with Crippen molar-refractivity contribution in [1.29, 1.82) is 0 Å². The largest absolute Gasteiger partial charge is 0.376 e. The van der Waals surface area contributed by atoms with Crippen LogP contribution in [0.15, 0.2) is 34.2 Å². The number of nitrogens with zero attached hydrogens (tertiary/aromatic N) is 4. The van der Waals surface area contributed by atoms with Crippen LogP contribution in [0.5, 0.6) is 0 Å². The Labute approximate surface area is 169 Å².